The second-order valence-corrected chi connectivity index (χ2v) is 9.63. The Balaban J connectivity index is 1.32. The fourth-order valence-corrected chi connectivity index (χ4v) is 4.71. The molecule has 3 saturated heterocycles. The number of ether oxygens (including phenoxy) is 1. The number of rotatable bonds is 2. The lowest BCUT2D eigenvalue weighted by atomic mass is 9.85. The number of nitrogens with zero attached hydrogens (tertiary/aromatic N) is 3. The molecule has 1 saturated carbocycles. The molecule has 0 radical (unpaired) electrons. The largest absolute Gasteiger partial charge is 0.444 e. The quantitative estimate of drug-likeness (QED) is 0.692. The van der Waals surface area contributed by atoms with E-state index in [-0.39, 0.29) is 29.5 Å². The Kier molecular flexibility index (Phi) is 4.48. The molecule has 0 aromatic heterocycles. The molecule has 28 heavy (non-hydrogen) atoms. The van der Waals surface area contributed by atoms with Crippen molar-refractivity contribution < 1.29 is 24.3 Å². The van der Waals surface area contributed by atoms with Crippen LogP contribution in [0.5, 0.6) is 0 Å². The van der Waals surface area contributed by atoms with Crippen LogP contribution in [-0.2, 0) is 9.53 Å². The molecule has 4 aliphatic rings. The molecular weight excluding hydrogens is 364 g/mol. The number of nitrogens with one attached hydrogen (secondary N) is 1. The lowest BCUT2D eigenvalue weighted by Crippen LogP contribution is -2.56. The van der Waals surface area contributed by atoms with Crippen molar-refractivity contribution in [2.75, 3.05) is 19.6 Å². The van der Waals surface area contributed by atoms with Gasteiger partial charge in [0.15, 0.2) is 0 Å². The van der Waals surface area contributed by atoms with Crippen LogP contribution in [0.3, 0.4) is 0 Å². The number of likely N-dealkylation sites (tertiary alicyclic amines) is 1. The van der Waals surface area contributed by atoms with Crippen LogP contribution in [0.1, 0.15) is 52.9 Å². The second-order valence-electron chi connectivity index (χ2n) is 9.63. The summed E-state index contributed by atoms with van der Waals surface area (Å²) in [6.07, 6.45) is 3.51. The molecule has 1 aliphatic carbocycles. The predicted molar refractivity (Wildman–Crippen MR) is 98.6 cm³/mol. The first-order valence-electron chi connectivity index (χ1n) is 10.2. The van der Waals surface area contributed by atoms with Crippen LogP contribution in [0, 0.1) is 5.41 Å². The Hall–Kier alpha value is -2.03. The van der Waals surface area contributed by atoms with Gasteiger partial charge in [-0.15, -0.1) is 0 Å². The van der Waals surface area contributed by atoms with Gasteiger partial charge in [-0.05, 0) is 58.3 Å². The fraction of sp³-hybridized carbons (Fsp3) is 0.842. The van der Waals surface area contributed by atoms with Crippen molar-refractivity contribution in [1.29, 1.82) is 0 Å². The molecule has 2 N–H and O–H groups in total. The van der Waals surface area contributed by atoms with E-state index in [1.54, 1.807) is 4.90 Å². The minimum atomic E-state index is -0.525. The maximum Gasteiger partial charge on any atom is 0.410 e. The lowest BCUT2D eigenvalue weighted by Gasteiger charge is -2.37. The SMILES string of the molecule is CC(C)(C)OC(=O)N1CCC(NC(=O)[C@@H]2CC3(CC3)[C@@H]3CN2C(=O)N3O)CC1. The van der Waals surface area contributed by atoms with Crippen LogP contribution in [-0.4, -0.2) is 81.5 Å². The Bertz CT molecular complexity index is 678. The highest BCUT2D eigenvalue weighted by Gasteiger charge is 2.63. The normalized spacial score (nSPS) is 29.3. The Labute approximate surface area is 164 Å². The minimum absolute atomic E-state index is 0.0259. The maximum atomic E-state index is 12.9. The summed E-state index contributed by atoms with van der Waals surface area (Å²) < 4.78 is 5.40. The first-order valence-corrected chi connectivity index (χ1v) is 10.2. The molecule has 0 aromatic rings. The molecule has 4 amide bonds. The fourth-order valence-electron chi connectivity index (χ4n) is 4.71. The van der Waals surface area contributed by atoms with E-state index in [0.29, 0.717) is 38.9 Å². The molecule has 0 aromatic carbocycles. The standard InChI is InChI=1S/C19H30N4O5/c1-18(2,3)28-17(26)21-8-4-12(5-9-21)20-15(24)13-10-19(6-7-19)14-11-22(13)16(25)23(14)27/h12-14,27H,4-11H2,1-3H3,(H,20,24)/t13-,14-/m0/s1. The van der Waals surface area contributed by atoms with Gasteiger partial charge in [0, 0.05) is 25.7 Å². The second kappa shape index (κ2) is 6.50. The number of piperidine rings is 2. The zero-order valence-electron chi connectivity index (χ0n) is 16.8. The maximum absolute atomic E-state index is 12.9. The van der Waals surface area contributed by atoms with E-state index in [1.807, 2.05) is 20.8 Å². The Morgan fingerprint density at radius 2 is 1.86 bits per heavy atom. The molecule has 4 rings (SSSR count). The van der Waals surface area contributed by atoms with Crippen LogP contribution in [0.2, 0.25) is 0 Å². The molecule has 4 fully saturated rings. The number of hydrogen-bond acceptors (Lipinski definition) is 5. The number of carbonyl (C=O) groups is 3. The number of fused-ring (bicyclic) bond motifs is 3. The van der Waals surface area contributed by atoms with Gasteiger partial charge in [0.1, 0.15) is 11.6 Å². The van der Waals surface area contributed by atoms with Crippen molar-refractivity contribution in [2.24, 2.45) is 5.41 Å². The van der Waals surface area contributed by atoms with E-state index >= 15 is 0 Å². The third-order valence-corrected chi connectivity index (χ3v) is 6.48. The highest BCUT2D eigenvalue weighted by Crippen LogP contribution is 2.58. The summed E-state index contributed by atoms with van der Waals surface area (Å²) in [5, 5.41) is 14.0. The highest BCUT2D eigenvalue weighted by molar-refractivity contribution is 5.89. The summed E-state index contributed by atoms with van der Waals surface area (Å²) in [7, 11) is 0. The van der Waals surface area contributed by atoms with Gasteiger partial charge in [0.2, 0.25) is 5.91 Å². The van der Waals surface area contributed by atoms with Crippen LogP contribution in [0.25, 0.3) is 0 Å². The molecule has 9 heteroatoms. The van der Waals surface area contributed by atoms with Gasteiger partial charge in [0.05, 0.1) is 6.04 Å². The number of hydroxylamine groups is 2. The monoisotopic (exact) mass is 394 g/mol. The van der Waals surface area contributed by atoms with E-state index < -0.39 is 17.7 Å². The van der Waals surface area contributed by atoms with Crippen LogP contribution in [0.15, 0.2) is 0 Å². The smallest absolute Gasteiger partial charge is 0.410 e. The Morgan fingerprint density at radius 1 is 1.21 bits per heavy atom. The third-order valence-electron chi connectivity index (χ3n) is 6.48. The molecule has 3 aliphatic heterocycles. The molecule has 2 bridgehead atoms. The summed E-state index contributed by atoms with van der Waals surface area (Å²) in [6.45, 7) is 7.00. The average molecular weight is 394 g/mol. The highest BCUT2D eigenvalue weighted by atomic mass is 16.6. The number of urea groups is 1. The van der Waals surface area contributed by atoms with Crippen molar-refractivity contribution in [3.63, 3.8) is 0 Å². The Morgan fingerprint density at radius 3 is 2.43 bits per heavy atom. The van der Waals surface area contributed by atoms with Gasteiger partial charge in [-0.1, -0.05) is 0 Å². The van der Waals surface area contributed by atoms with Gasteiger partial charge >= 0.3 is 12.1 Å². The molecule has 9 nitrogen and oxygen atoms in total. The van der Waals surface area contributed by atoms with Gasteiger partial charge in [0.25, 0.3) is 0 Å². The number of amides is 4. The van der Waals surface area contributed by atoms with Crippen LogP contribution < -0.4 is 5.32 Å². The molecule has 0 unspecified atom stereocenters. The topological polar surface area (TPSA) is 102 Å². The number of carbonyl (C=O) groups excluding carboxylic acids is 3. The van der Waals surface area contributed by atoms with Gasteiger partial charge in [-0.2, -0.15) is 0 Å². The summed E-state index contributed by atoms with van der Waals surface area (Å²) >= 11 is 0. The van der Waals surface area contributed by atoms with Crippen molar-refractivity contribution in [1.82, 2.24) is 20.2 Å². The van der Waals surface area contributed by atoms with E-state index in [2.05, 4.69) is 5.32 Å². The molecule has 156 valence electrons. The van der Waals surface area contributed by atoms with E-state index in [1.165, 1.54) is 4.90 Å². The van der Waals surface area contributed by atoms with Crippen LogP contribution >= 0.6 is 0 Å². The van der Waals surface area contributed by atoms with Gasteiger partial charge in [-0.3, -0.25) is 10.0 Å². The first-order chi connectivity index (χ1) is 13.1. The molecule has 2 atom stereocenters. The number of hydrogen-bond donors (Lipinski definition) is 2. The van der Waals surface area contributed by atoms with Crippen molar-refractivity contribution in [2.45, 2.75) is 76.6 Å². The van der Waals surface area contributed by atoms with Crippen LogP contribution in [0.4, 0.5) is 9.59 Å². The third kappa shape index (κ3) is 3.40. The minimum Gasteiger partial charge on any atom is -0.444 e. The van der Waals surface area contributed by atoms with Gasteiger partial charge < -0.3 is 19.9 Å². The van der Waals surface area contributed by atoms with Crippen molar-refractivity contribution >= 4 is 18.0 Å². The first kappa shape index (κ1) is 19.3. The van der Waals surface area contributed by atoms with E-state index in [9.17, 15) is 19.6 Å². The van der Waals surface area contributed by atoms with E-state index in [0.717, 1.165) is 17.9 Å². The molecule has 3 heterocycles. The summed E-state index contributed by atoms with van der Waals surface area (Å²) in [5.74, 6) is -0.149. The van der Waals surface area contributed by atoms with Crippen molar-refractivity contribution in [3.8, 4) is 0 Å². The summed E-state index contributed by atoms with van der Waals surface area (Å²) in [4.78, 5) is 40.6. The lowest BCUT2D eigenvalue weighted by molar-refractivity contribution is -0.128. The van der Waals surface area contributed by atoms with Crippen molar-refractivity contribution in [3.05, 3.63) is 0 Å². The van der Waals surface area contributed by atoms with Gasteiger partial charge in [-0.25, -0.2) is 14.7 Å². The van der Waals surface area contributed by atoms with E-state index in [4.69, 9.17) is 4.74 Å². The zero-order valence-corrected chi connectivity index (χ0v) is 16.8. The molecule has 1 spiro atoms. The average Bonchev–Trinajstić information content (AvgIpc) is 3.34. The molecular formula is C19H30N4O5. The summed E-state index contributed by atoms with van der Waals surface area (Å²) in [5.41, 5.74) is -0.623. The summed E-state index contributed by atoms with van der Waals surface area (Å²) in [6, 6.07) is -1.19. The zero-order chi connectivity index (χ0) is 20.3. The predicted octanol–water partition coefficient (Wildman–Crippen LogP) is 1.55.